The lowest BCUT2D eigenvalue weighted by molar-refractivity contribution is -0.141. The lowest BCUT2D eigenvalue weighted by Gasteiger charge is -2.08. The first-order chi connectivity index (χ1) is 13.4. The molecule has 3 aromatic rings. The average Bonchev–Trinajstić information content (AvgIpc) is 2.65. The van der Waals surface area contributed by atoms with Crippen molar-refractivity contribution in [2.45, 2.75) is 25.5 Å². The summed E-state index contributed by atoms with van der Waals surface area (Å²) in [4.78, 5) is 42.7. The van der Waals surface area contributed by atoms with E-state index >= 15 is 0 Å². The molecule has 9 heteroatoms. The number of nitriles is 1. The van der Waals surface area contributed by atoms with Crippen LogP contribution in [0.2, 0.25) is 0 Å². The zero-order valence-corrected chi connectivity index (χ0v) is 16.0. The molecule has 0 bridgehead atoms. The number of nitrogens with one attached hydrogen (secondary N) is 1. The van der Waals surface area contributed by atoms with Crippen LogP contribution in [0.15, 0.2) is 45.1 Å². The fourth-order valence-corrected chi connectivity index (χ4v) is 3.48. The molecule has 3 heterocycles. The van der Waals surface area contributed by atoms with Gasteiger partial charge in [-0.2, -0.15) is 5.26 Å². The van der Waals surface area contributed by atoms with E-state index in [1.165, 1.54) is 16.5 Å². The molecule has 0 atom stereocenters. The van der Waals surface area contributed by atoms with Gasteiger partial charge in [0.05, 0.1) is 22.0 Å². The van der Waals surface area contributed by atoms with Crippen LogP contribution in [-0.2, 0) is 16.1 Å². The van der Waals surface area contributed by atoms with E-state index in [-0.39, 0.29) is 23.5 Å². The fraction of sp³-hybridized carbons (Fsp3) is 0.211. The standard InChI is InChI=1S/C19H16N4O4S/c1-11-4-3-5-23-16(25)7-13(21-18(11)23)9-27-17(26)10-28-19-14(8-20)12(2)6-15(24)22-19/h3-7H,9-10H2,1-2H3,(H,22,24). The van der Waals surface area contributed by atoms with Gasteiger partial charge in [0.1, 0.15) is 18.3 Å². The number of aromatic nitrogens is 3. The van der Waals surface area contributed by atoms with Crippen LogP contribution in [0.1, 0.15) is 22.4 Å². The van der Waals surface area contributed by atoms with Gasteiger partial charge in [-0.25, -0.2) is 4.98 Å². The normalized spacial score (nSPS) is 10.6. The molecule has 0 radical (unpaired) electrons. The lowest BCUT2D eigenvalue weighted by Crippen LogP contribution is -2.17. The number of fused-ring (bicyclic) bond motifs is 1. The Hall–Kier alpha value is -3.38. The molecule has 28 heavy (non-hydrogen) atoms. The summed E-state index contributed by atoms with van der Waals surface area (Å²) >= 11 is 1.01. The van der Waals surface area contributed by atoms with Gasteiger partial charge in [-0.15, -0.1) is 0 Å². The molecule has 3 rings (SSSR count). The summed E-state index contributed by atoms with van der Waals surface area (Å²) in [6.45, 7) is 3.35. The highest BCUT2D eigenvalue weighted by atomic mass is 32.2. The van der Waals surface area contributed by atoms with E-state index in [1.807, 2.05) is 19.1 Å². The zero-order valence-electron chi connectivity index (χ0n) is 15.2. The Kier molecular flexibility index (Phi) is 5.61. The van der Waals surface area contributed by atoms with Gasteiger partial charge in [-0.3, -0.25) is 18.8 Å². The van der Waals surface area contributed by atoms with Crippen molar-refractivity contribution < 1.29 is 9.53 Å². The summed E-state index contributed by atoms with van der Waals surface area (Å²) in [5.41, 5.74) is 1.94. The highest BCUT2D eigenvalue weighted by Gasteiger charge is 2.12. The topological polar surface area (TPSA) is 117 Å². The van der Waals surface area contributed by atoms with E-state index in [0.29, 0.717) is 27.5 Å². The molecule has 0 saturated carbocycles. The first kappa shape index (κ1) is 19.4. The monoisotopic (exact) mass is 396 g/mol. The molecular formula is C19H16N4O4S. The van der Waals surface area contributed by atoms with Crippen LogP contribution in [-0.4, -0.2) is 26.1 Å². The van der Waals surface area contributed by atoms with Crippen LogP contribution >= 0.6 is 11.8 Å². The minimum absolute atomic E-state index is 0.0976. The second-order valence-corrected chi connectivity index (χ2v) is 7.04. The highest BCUT2D eigenvalue weighted by molar-refractivity contribution is 7.99. The smallest absolute Gasteiger partial charge is 0.316 e. The number of esters is 1. The third-order valence-electron chi connectivity index (χ3n) is 3.97. The van der Waals surface area contributed by atoms with Crippen molar-refractivity contribution in [3.8, 4) is 6.07 Å². The van der Waals surface area contributed by atoms with Gasteiger partial charge in [0.15, 0.2) is 0 Å². The van der Waals surface area contributed by atoms with E-state index in [9.17, 15) is 19.6 Å². The molecule has 0 aliphatic rings. The van der Waals surface area contributed by atoms with E-state index in [0.717, 1.165) is 17.3 Å². The maximum atomic E-state index is 12.2. The van der Waals surface area contributed by atoms with Crippen LogP contribution in [0.25, 0.3) is 5.65 Å². The van der Waals surface area contributed by atoms with Gasteiger partial charge < -0.3 is 9.72 Å². The first-order valence-corrected chi connectivity index (χ1v) is 9.28. The third kappa shape index (κ3) is 4.13. The minimum atomic E-state index is -0.553. The lowest BCUT2D eigenvalue weighted by atomic mass is 10.2. The molecule has 0 aliphatic heterocycles. The van der Waals surface area contributed by atoms with Crippen molar-refractivity contribution in [2.75, 3.05) is 5.75 Å². The number of aryl methyl sites for hydroxylation is 2. The number of nitrogens with zero attached hydrogens (tertiary/aromatic N) is 3. The molecule has 8 nitrogen and oxygen atoms in total. The Labute approximate surface area is 163 Å². The number of hydrogen-bond acceptors (Lipinski definition) is 7. The summed E-state index contributed by atoms with van der Waals surface area (Å²) < 4.78 is 6.61. The predicted molar refractivity (Wildman–Crippen MR) is 103 cm³/mol. The van der Waals surface area contributed by atoms with Crippen LogP contribution in [0.4, 0.5) is 0 Å². The van der Waals surface area contributed by atoms with Crippen molar-refractivity contribution in [1.29, 1.82) is 5.26 Å². The summed E-state index contributed by atoms with van der Waals surface area (Å²) in [5.74, 6) is -0.650. The largest absolute Gasteiger partial charge is 0.459 e. The van der Waals surface area contributed by atoms with E-state index in [4.69, 9.17) is 4.74 Å². The number of carbonyl (C=O) groups is 1. The van der Waals surface area contributed by atoms with Crippen molar-refractivity contribution in [3.05, 3.63) is 73.6 Å². The van der Waals surface area contributed by atoms with Crippen LogP contribution in [0, 0.1) is 25.2 Å². The molecule has 0 aromatic carbocycles. The van der Waals surface area contributed by atoms with Crippen LogP contribution in [0.3, 0.4) is 0 Å². The Balaban J connectivity index is 1.68. The second kappa shape index (κ2) is 8.10. The number of ether oxygens (including phenoxy) is 1. The first-order valence-electron chi connectivity index (χ1n) is 8.29. The van der Waals surface area contributed by atoms with Crippen molar-refractivity contribution >= 4 is 23.4 Å². The molecule has 0 amide bonds. The number of carbonyl (C=O) groups excluding carboxylic acids is 1. The van der Waals surface area contributed by atoms with Gasteiger partial charge in [-0.05, 0) is 31.0 Å². The number of thioether (sulfide) groups is 1. The average molecular weight is 396 g/mol. The Bertz CT molecular complexity index is 1220. The van der Waals surface area contributed by atoms with Crippen molar-refractivity contribution in [3.63, 3.8) is 0 Å². The molecule has 0 fully saturated rings. The fourth-order valence-electron chi connectivity index (χ4n) is 2.62. The molecule has 0 aliphatic carbocycles. The zero-order chi connectivity index (χ0) is 20.3. The molecule has 142 valence electrons. The van der Waals surface area contributed by atoms with Crippen LogP contribution in [0.5, 0.6) is 0 Å². The SMILES string of the molecule is Cc1cc(=O)[nH]c(SCC(=O)OCc2cc(=O)n3cccc(C)c3n2)c1C#N. The van der Waals surface area contributed by atoms with Gasteiger partial charge in [-0.1, -0.05) is 17.8 Å². The number of H-pyrrole nitrogens is 1. The van der Waals surface area contributed by atoms with Crippen LogP contribution < -0.4 is 11.1 Å². The Morgan fingerprint density at radius 1 is 1.32 bits per heavy atom. The molecule has 0 saturated heterocycles. The Morgan fingerprint density at radius 2 is 2.11 bits per heavy atom. The predicted octanol–water partition coefficient (Wildman–Crippen LogP) is 1.71. The maximum Gasteiger partial charge on any atom is 0.316 e. The quantitative estimate of drug-likeness (QED) is 0.515. The van der Waals surface area contributed by atoms with E-state index in [1.54, 1.807) is 19.2 Å². The number of pyridine rings is 2. The molecule has 0 spiro atoms. The summed E-state index contributed by atoms with van der Waals surface area (Å²) in [5, 5.41) is 9.52. The van der Waals surface area contributed by atoms with Gasteiger partial charge >= 0.3 is 5.97 Å². The number of aromatic amines is 1. The summed E-state index contributed by atoms with van der Waals surface area (Å²) in [6, 6.07) is 8.25. The van der Waals surface area contributed by atoms with Gasteiger partial charge in [0.2, 0.25) is 5.56 Å². The summed E-state index contributed by atoms with van der Waals surface area (Å²) in [7, 11) is 0. The number of rotatable bonds is 5. The highest BCUT2D eigenvalue weighted by Crippen LogP contribution is 2.21. The van der Waals surface area contributed by atoms with Crippen molar-refractivity contribution in [1.82, 2.24) is 14.4 Å². The molecule has 3 aromatic heterocycles. The third-order valence-corrected chi connectivity index (χ3v) is 4.95. The Morgan fingerprint density at radius 3 is 2.86 bits per heavy atom. The second-order valence-electron chi connectivity index (χ2n) is 6.05. The summed E-state index contributed by atoms with van der Waals surface area (Å²) in [6.07, 6.45) is 1.62. The van der Waals surface area contributed by atoms with Gasteiger partial charge in [0.25, 0.3) is 5.56 Å². The van der Waals surface area contributed by atoms with E-state index in [2.05, 4.69) is 9.97 Å². The van der Waals surface area contributed by atoms with E-state index < -0.39 is 5.97 Å². The maximum absolute atomic E-state index is 12.2. The number of hydrogen-bond donors (Lipinski definition) is 1. The minimum Gasteiger partial charge on any atom is -0.459 e. The van der Waals surface area contributed by atoms with Crippen molar-refractivity contribution in [2.24, 2.45) is 0 Å². The molecule has 1 N–H and O–H groups in total. The molecule has 0 unspecified atom stereocenters. The van der Waals surface area contributed by atoms with Gasteiger partial charge in [0, 0.05) is 18.3 Å². The molecular weight excluding hydrogens is 380 g/mol.